The summed E-state index contributed by atoms with van der Waals surface area (Å²) < 4.78 is 259. The van der Waals surface area contributed by atoms with Gasteiger partial charge in [-0.15, -0.1) is 0 Å². The van der Waals surface area contributed by atoms with Crippen molar-refractivity contribution in [1.29, 1.82) is 0 Å². The van der Waals surface area contributed by atoms with Gasteiger partial charge in [0.05, 0.1) is 41.8 Å². The predicted octanol–water partition coefficient (Wildman–Crippen LogP) is 9.76. The van der Waals surface area contributed by atoms with E-state index in [9.17, 15) is 44.3 Å². The molecule has 238 valence electrons. The SMILES string of the molecule is [2H]C([2H])([2H])C(c1c(F)ccc(OC)c1-c1ccc(C(F)(F)F)cc1C([2H])([2H])N1C(=O)O[C@]([2H])(c2cc(C(F)(F)F)cc(C(F)(F)F)c2)[C@]1([2H])C([2H])([2H])[2H])C([2H])([2H])[2H]. The van der Waals surface area contributed by atoms with E-state index in [0.29, 0.717) is 18.2 Å². The van der Waals surface area contributed by atoms with E-state index >= 15 is 4.39 Å². The lowest BCUT2D eigenvalue weighted by Crippen LogP contribution is -2.32. The molecule has 1 aliphatic heterocycles. The van der Waals surface area contributed by atoms with Gasteiger partial charge in [0.2, 0.25) is 0 Å². The van der Waals surface area contributed by atoms with Crippen LogP contribution in [0.5, 0.6) is 5.75 Å². The van der Waals surface area contributed by atoms with Gasteiger partial charge in [-0.2, -0.15) is 39.5 Å². The molecule has 3 aromatic rings. The number of cyclic esters (lactones) is 1. The topological polar surface area (TPSA) is 38.8 Å². The number of carbonyl (C=O) groups excluding carboxylic acids is 1. The Labute approximate surface area is 263 Å². The molecule has 0 radical (unpaired) electrons. The monoisotopic (exact) mass is 650 g/mol. The van der Waals surface area contributed by atoms with Gasteiger partial charge in [0, 0.05) is 23.5 Å². The first-order chi connectivity index (χ1) is 25.4. The highest BCUT2D eigenvalue weighted by Gasteiger charge is 2.44. The number of nitrogens with zero attached hydrogens (tertiary/aromatic N) is 1. The third-order valence-electron chi connectivity index (χ3n) is 6.17. The van der Waals surface area contributed by atoms with Crippen molar-refractivity contribution in [2.75, 3.05) is 7.11 Å². The molecule has 0 aromatic heterocycles. The number of carbonyl (C=O) groups is 1. The van der Waals surface area contributed by atoms with E-state index < -0.39 is 137 Å². The number of hydrogen-bond donors (Lipinski definition) is 0. The van der Waals surface area contributed by atoms with E-state index in [2.05, 4.69) is 4.74 Å². The molecule has 0 N–H and O–H groups in total. The van der Waals surface area contributed by atoms with Crippen LogP contribution in [0, 0.1) is 5.82 Å². The van der Waals surface area contributed by atoms with E-state index in [0.717, 1.165) is 7.11 Å². The van der Waals surface area contributed by atoms with Crippen LogP contribution in [-0.2, 0) is 29.8 Å². The highest BCUT2D eigenvalue weighted by atomic mass is 19.4. The summed E-state index contributed by atoms with van der Waals surface area (Å²) in [7, 11) is 0.818. The highest BCUT2D eigenvalue weighted by Crippen LogP contribution is 2.45. The summed E-state index contributed by atoms with van der Waals surface area (Å²) in [6.45, 7) is -16.1. The molecule has 4 nitrogen and oxygen atoms in total. The Morgan fingerprint density at radius 2 is 1.55 bits per heavy atom. The van der Waals surface area contributed by atoms with Gasteiger partial charge in [-0.25, -0.2) is 9.18 Å². The van der Waals surface area contributed by atoms with Gasteiger partial charge in [-0.05, 0) is 71.9 Å². The summed E-state index contributed by atoms with van der Waals surface area (Å²) in [6.07, 6.45) is -23.6. The van der Waals surface area contributed by atoms with Crippen LogP contribution in [0.2, 0.25) is 0 Å². The fourth-order valence-corrected chi connectivity index (χ4v) is 4.21. The number of ether oxygens (including phenoxy) is 2. The van der Waals surface area contributed by atoms with Gasteiger partial charge in [0.1, 0.15) is 17.6 Å². The smallest absolute Gasteiger partial charge is 0.416 e. The Morgan fingerprint density at radius 1 is 0.932 bits per heavy atom. The zero-order chi connectivity index (χ0) is 44.1. The first-order valence-electron chi connectivity index (χ1n) is 18.3. The van der Waals surface area contributed by atoms with Gasteiger partial charge in [-0.3, -0.25) is 4.90 Å². The normalized spacial score (nSPS) is 26.7. The van der Waals surface area contributed by atoms with Crippen LogP contribution < -0.4 is 4.74 Å². The number of halogens is 10. The van der Waals surface area contributed by atoms with Crippen LogP contribution in [0.4, 0.5) is 48.7 Å². The first kappa shape index (κ1) is 19.4. The molecule has 2 atom stereocenters. The molecular formula is C30H25F10NO3. The second-order valence-electron chi connectivity index (χ2n) is 9.02. The predicted molar refractivity (Wildman–Crippen MR) is 138 cm³/mol. The third kappa shape index (κ3) is 6.43. The molecule has 0 bridgehead atoms. The van der Waals surface area contributed by atoms with Crippen molar-refractivity contribution in [3.8, 4) is 16.9 Å². The molecule has 1 saturated heterocycles. The Morgan fingerprint density at radius 3 is 2.07 bits per heavy atom. The van der Waals surface area contributed by atoms with Crippen LogP contribution >= 0.6 is 0 Å². The fourth-order valence-electron chi connectivity index (χ4n) is 4.21. The molecule has 1 amide bonds. The fraction of sp³-hybridized carbons (Fsp3) is 0.367. The maximum atomic E-state index is 15.8. The highest BCUT2D eigenvalue weighted by molar-refractivity contribution is 5.79. The average molecular weight is 651 g/mol. The molecule has 1 heterocycles. The minimum atomic E-state index is -5.68. The van der Waals surface area contributed by atoms with Crippen molar-refractivity contribution in [2.24, 2.45) is 0 Å². The van der Waals surface area contributed by atoms with Crippen LogP contribution in [0.15, 0.2) is 48.5 Å². The molecule has 0 spiro atoms. The van der Waals surface area contributed by atoms with Crippen LogP contribution in [-0.4, -0.2) is 24.1 Å². The van der Waals surface area contributed by atoms with Gasteiger partial charge in [-0.1, -0.05) is 19.8 Å². The quantitative estimate of drug-likeness (QED) is 0.250. The van der Waals surface area contributed by atoms with E-state index in [1.165, 1.54) is 0 Å². The number of methoxy groups -OCH3 is 1. The summed E-state index contributed by atoms with van der Waals surface area (Å²) in [5, 5.41) is 0. The lowest BCUT2D eigenvalue weighted by atomic mass is 9.88. The largest absolute Gasteiger partial charge is 0.496 e. The number of hydrogen-bond acceptors (Lipinski definition) is 3. The third-order valence-corrected chi connectivity index (χ3v) is 6.17. The molecule has 1 aliphatic rings. The Kier molecular flexibility index (Phi) is 5.08. The molecule has 3 aromatic carbocycles. The van der Waals surface area contributed by atoms with Crippen LogP contribution in [0.3, 0.4) is 0 Å². The van der Waals surface area contributed by atoms with E-state index in [-0.39, 0.29) is 24.3 Å². The maximum Gasteiger partial charge on any atom is 0.416 e. The molecule has 4 rings (SSSR count). The lowest BCUT2D eigenvalue weighted by Gasteiger charge is -2.25. The summed E-state index contributed by atoms with van der Waals surface area (Å²) in [4.78, 5) is 12.7. The van der Waals surface area contributed by atoms with Crippen molar-refractivity contribution < 1.29 is 76.0 Å². The van der Waals surface area contributed by atoms with Gasteiger partial charge >= 0.3 is 24.6 Å². The molecule has 1 fully saturated rings. The molecule has 14 heteroatoms. The van der Waals surface area contributed by atoms with Crippen molar-refractivity contribution in [1.82, 2.24) is 4.90 Å². The number of benzene rings is 3. The Hall–Kier alpha value is -3.97. The Bertz CT molecular complexity index is 2020. The van der Waals surface area contributed by atoms with Crippen molar-refractivity contribution in [2.45, 2.75) is 63.6 Å². The molecule has 44 heavy (non-hydrogen) atoms. The van der Waals surface area contributed by atoms with Gasteiger partial charge in [0.25, 0.3) is 0 Å². The van der Waals surface area contributed by atoms with E-state index in [1.807, 2.05) is 0 Å². The zero-order valence-corrected chi connectivity index (χ0v) is 21.6. The lowest BCUT2D eigenvalue weighted by molar-refractivity contribution is -0.143. The van der Waals surface area contributed by atoms with Crippen molar-refractivity contribution in [3.05, 3.63) is 87.7 Å². The molecule has 0 aliphatic carbocycles. The second kappa shape index (κ2) is 11.5. The number of rotatable bonds is 6. The van der Waals surface area contributed by atoms with Gasteiger partial charge < -0.3 is 9.47 Å². The standard InChI is InChI=1S/C30H25F10NO3/c1-14(2)24-22(31)7-8-23(43-4)25(24)21-6-5-18(28(32,33)34)11-17(21)13-41-15(3)26(44-27(41)42)16-9-19(29(35,36)37)12-20(10-16)30(38,39)40/h5-12,14-15,26H,13H2,1-4H3/t15-,26-/m0/s1/i1D3,2D3,3D3,13D2,15D,26D. The molecule has 0 saturated carbocycles. The summed E-state index contributed by atoms with van der Waals surface area (Å²) in [5.74, 6) is -5.28. The minimum Gasteiger partial charge on any atom is -0.496 e. The number of alkyl halides is 9. The summed E-state index contributed by atoms with van der Waals surface area (Å²) in [5.41, 5.74) is -13.3. The van der Waals surface area contributed by atoms with Crippen LogP contribution in [0.25, 0.3) is 11.1 Å². The second-order valence-corrected chi connectivity index (χ2v) is 9.02. The summed E-state index contributed by atoms with van der Waals surface area (Å²) in [6, 6.07) is -4.10. The molecular weight excluding hydrogens is 612 g/mol. The van der Waals surface area contributed by atoms with Gasteiger partial charge in [0.15, 0.2) is 0 Å². The summed E-state index contributed by atoms with van der Waals surface area (Å²) >= 11 is 0. The van der Waals surface area contributed by atoms with Crippen molar-refractivity contribution >= 4 is 6.09 Å². The maximum absolute atomic E-state index is 15.8. The Balaban J connectivity index is 2.21. The average Bonchev–Trinajstić information content (AvgIpc) is 3.25. The zero-order valence-electron chi connectivity index (χ0n) is 34.6. The van der Waals surface area contributed by atoms with Crippen LogP contribution in [0.1, 0.15) is 83.8 Å². The first-order valence-corrected chi connectivity index (χ1v) is 11.8. The minimum absolute atomic E-state index is 0.160. The van der Waals surface area contributed by atoms with E-state index in [4.69, 9.17) is 22.6 Å². The van der Waals surface area contributed by atoms with E-state index in [1.54, 1.807) is 0 Å². The number of amides is 1. The van der Waals surface area contributed by atoms with Crippen molar-refractivity contribution in [3.63, 3.8) is 0 Å². The molecule has 0 unspecified atom stereocenters.